The molecule has 2 aromatic carbocycles. The molecule has 3 rings (SSSR count). The molecule has 1 aliphatic rings. The van der Waals surface area contributed by atoms with Gasteiger partial charge in [-0.1, -0.05) is 54.6 Å². The van der Waals surface area contributed by atoms with Crippen LogP contribution in [0.15, 0.2) is 71.7 Å². The Bertz CT molecular complexity index is 894. The van der Waals surface area contributed by atoms with Gasteiger partial charge in [0.2, 0.25) is 0 Å². The predicted octanol–water partition coefficient (Wildman–Crippen LogP) is 4.49. The van der Waals surface area contributed by atoms with Crippen molar-refractivity contribution in [1.82, 2.24) is 15.5 Å². The highest BCUT2D eigenvalue weighted by Gasteiger charge is 2.20. The Kier molecular flexibility index (Phi) is 10.6. The van der Waals surface area contributed by atoms with Crippen molar-refractivity contribution < 1.29 is 4.92 Å². The first-order valence-corrected chi connectivity index (χ1v) is 10.7. The topological polar surface area (TPSA) is 82.8 Å². The molecule has 7 nitrogen and oxygen atoms in total. The molecule has 0 spiro atoms. The van der Waals surface area contributed by atoms with Crippen LogP contribution in [0, 0.1) is 10.1 Å². The molecule has 1 aliphatic heterocycles. The summed E-state index contributed by atoms with van der Waals surface area (Å²) in [6.07, 6.45) is 2.11. The van der Waals surface area contributed by atoms with Crippen molar-refractivity contribution in [1.29, 1.82) is 0 Å². The van der Waals surface area contributed by atoms with E-state index in [-0.39, 0.29) is 29.7 Å². The number of guanidine groups is 1. The van der Waals surface area contributed by atoms with Gasteiger partial charge in [-0.05, 0) is 30.9 Å². The molecular formula is C24H32IN5O2. The van der Waals surface area contributed by atoms with Crippen molar-refractivity contribution in [2.24, 2.45) is 4.99 Å². The first kappa shape index (κ1) is 25.8. The Morgan fingerprint density at radius 1 is 1.12 bits per heavy atom. The molecule has 0 amide bonds. The van der Waals surface area contributed by atoms with E-state index in [0.717, 1.165) is 49.6 Å². The summed E-state index contributed by atoms with van der Waals surface area (Å²) in [4.78, 5) is 17.6. The van der Waals surface area contributed by atoms with Crippen molar-refractivity contribution in [2.45, 2.75) is 38.9 Å². The Balaban J connectivity index is 0.00000363. The maximum Gasteiger partial charge on any atom is 0.269 e. The molecule has 8 heteroatoms. The van der Waals surface area contributed by atoms with Crippen LogP contribution in [0.1, 0.15) is 30.9 Å². The molecule has 1 saturated heterocycles. The lowest BCUT2D eigenvalue weighted by molar-refractivity contribution is -0.384. The summed E-state index contributed by atoms with van der Waals surface area (Å²) in [7, 11) is 0. The van der Waals surface area contributed by atoms with Gasteiger partial charge in [0, 0.05) is 44.4 Å². The number of likely N-dealkylation sites (tertiary alicyclic amines) is 1. The summed E-state index contributed by atoms with van der Waals surface area (Å²) < 4.78 is 0. The lowest BCUT2D eigenvalue weighted by atomic mass is 10.0. The number of hydrogen-bond donors (Lipinski definition) is 2. The van der Waals surface area contributed by atoms with Crippen LogP contribution in [0.3, 0.4) is 0 Å². The molecule has 32 heavy (non-hydrogen) atoms. The summed E-state index contributed by atoms with van der Waals surface area (Å²) in [5, 5.41) is 17.7. The quantitative estimate of drug-likeness (QED) is 0.127. The fraction of sp³-hybridized carbons (Fsp3) is 0.375. The number of nitrogens with zero attached hydrogens (tertiary/aromatic N) is 3. The van der Waals surface area contributed by atoms with Crippen molar-refractivity contribution >= 4 is 35.6 Å². The smallest absolute Gasteiger partial charge is 0.269 e. The van der Waals surface area contributed by atoms with Gasteiger partial charge in [0.1, 0.15) is 0 Å². The third-order valence-electron chi connectivity index (χ3n) is 5.30. The van der Waals surface area contributed by atoms with Crippen molar-refractivity contribution in [2.75, 3.05) is 19.6 Å². The van der Waals surface area contributed by atoms with E-state index in [1.807, 2.05) is 6.92 Å². The first-order valence-electron chi connectivity index (χ1n) is 10.7. The van der Waals surface area contributed by atoms with Gasteiger partial charge < -0.3 is 10.6 Å². The minimum Gasteiger partial charge on any atom is -0.354 e. The van der Waals surface area contributed by atoms with Gasteiger partial charge >= 0.3 is 0 Å². The summed E-state index contributed by atoms with van der Waals surface area (Å²) in [5.41, 5.74) is 3.40. The van der Waals surface area contributed by atoms with Crippen molar-refractivity contribution in [3.05, 3.63) is 88.0 Å². The maximum absolute atomic E-state index is 10.8. The number of hydrogen-bond acceptors (Lipinski definition) is 4. The lowest BCUT2D eigenvalue weighted by Gasteiger charge is -2.33. The Morgan fingerprint density at radius 2 is 1.78 bits per heavy atom. The summed E-state index contributed by atoms with van der Waals surface area (Å²) in [6.45, 7) is 10.1. The Hall–Kier alpha value is -2.46. The maximum atomic E-state index is 10.8. The zero-order chi connectivity index (χ0) is 22.1. The minimum atomic E-state index is -0.390. The minimum absolute atomic E-state index is 0. The highest BCUT2D eigenvalue weighted by molar-refractivity contribution is 14.0. The van der Waals surface area contributed by atoms with Crippen LogP contribution in [0.25, 0.3) is 0 Å². The SMILES string of the molecule is C=C(C)CNC(=NCc1ccc([N+](=O)[O-])cc1)NC1CCN(Cc2ccccc2)CC1.I. The second-order valence-corrected chi connectivity index (χ2v) is 8.08. The van der Waals surface area contributed by atoms with Gasteiger partial charge in [-0.15, -0.1) is 24.0 Å². The number of rotatable bonds is 8. The van der Waals surface area contributed by atoms with Gasteiger partial charge in [0.05, 0.1) is 11.5 Å². The number of nitro benzene ring substituents is 1. The Morgan fingerprint density at radius 3 is 2.38 bits per heavy atom. The molecule has 0 aromatic heterocycles. The van der Waals surface area contributed by atoms with Gasteiger partial charge in [0.25, 0.3) is 5.69 Å². The van der Waals surface area contributed by atoms with Crippen molar-refractivity contribution in [3.8, 4) is 0 Å². The van der Waals surface area contributed by atoms with Crippen LogP contribution >= 0.6 is 24.0 Å². The number of nitro groups is 1. The average Bonchev–Trinajstić information content (AvgIpc) is 2.78. The van der Waals surface area contributed by atoms with Crippen molar-refractivity contribution in [3.63, 3.8) is 0 Å². The number of nitrogens with one attached hydrogen (secondary N) is 2. The molecule has 172 valence electrons. The van der Waals surface area contributed by atoms with E-state index in [9.17, 15) is 10.1 Å². The van der Waals surface area contributed by atoms with E-state index < -0.39 is 4.92 Å². The largest absolute Gasteiger partial charge is 0.354 e. The van der Waals surface area contributed by atoms with Crippen LogP contribution in [0.5, 0.6) is 0 Å². The molecule has 2 N–H and O–H groups in total. The molecule has 1 heterocycles. The zero-order valence-electron chi connectivity index (χ0n) is 18.5. The van der Waals surface area contributed by atoms with Gasteiger partial charge in [-0.2, -0.15) is 0 Å². The molecule has 0 unspecified atom stereocenters. The predicted molar refractivity (Wildman–Crippen MR) is 140 cm³/mol. The number of aliphatic imine (C=N–C) groups is 1. The molecule has 0 bridgehead atoms. The Labute approximate surface area is 207 Å². The lowest BCUT2D eigenvalue weighted by Crippen LogP contribution is -2.48. The van der Waals surface area contributed by atoms with Gasteiger partial charge in [-0.25, -0.2) is 4.99 Å². The zero-order valence-corrected chi connectivity index (χ0v) is 20.8. The van der Waals surface area contributed by atoms with Crippen LogP contribution < -0.4 is 10.6 Å². The van der Waals surface area contributed by atoms with Gasteiger partial charge in [0.15, 0.2) is 5.96 Å². The number of non-ortho nitro benzene ring substituents is 1. The monoisotopic (exact) mass is 549 g/mol. The highest BCUT2D eigenvalue weighted by Crippen LogP contribution is 2.15. The summed E-state index contributed by atoms with van der Waals surface area (Å²) >= 11 is 0. The number of halogens is 1. The van der Waals surface area contributed by atoms with E-state index in [1.165, 1.54) is 17.7 Å². The van der Waals surface area contributed by atoms with E-state index in [2.05, 4.69) is 52.4 Å². The average molecular weight is 549 g/mol. The van der Waals surface area contributed by atoms with Crippen LogP contribution in [0.2, 0.25) is 0 Å². The van der Waals surface area contributed by atoms with Gasteiger partial charge in [-0.3, -0.25) is 15.0 Å². The first-order chi connectivity index (χ1) is 15.0. The van der Waals surface area contributed by atoms with E-state index >= 15 is 0 Å². The van der Waals surface area contributed by atoms with E-state index in [4.69, 9.17) is 4.99 Å². The molecule has 1 fully saturated rings. The molecule has 2 aromatic rings. The standard InChI is InChI=1S/C24H31N5O2.HI/c1-19(2)16-25-24(26-17-20-8-10-23(11-9-20)29(30)31)27-22-12-14-28(15-13-22)18-21-6-4-3-5-7-21;/h3-11,22H,1,12-18H2,2H3,(H2,25,26,27);1H. The van der Waals surface area contributed by atoms with E-state index in [1.54, 1.807) is 12.1 Å². The molecule has 0 radical (unpaired) electrons. The molecule has 0 aliphatic carbocycles. The summed E-state index contributed by atoms with van der Waals surface area (Å²) in [5.74, 6) is 0.753. The fourth-order valence-corrected chi connectivity index (χ4v) is 3.55. The summed E-state index contributed by atoms with van der Waals surface area (Å²) in [6, 6.07) is 17.5. The van der Waals surface area contributed by atoms with E-state index in [0.29, 0.717) is 19.1 Å². The number of benzene rings is 2. The molecule has 0 atom stereocenters. The number of piperidine rings is 1. The molecule has 0 saturated carbocycles. The highest BCUT2D eigenvalue weighted by atomic mass is 127. The fourth-order valence-electron chi connectivity index (χ4n) is 3.55. The van der Waals surface area contributed by atoms with Crippen LogP contribution in [-0.2, 0) is 13.1 Å². The second-order valence-electron chi connectivity index (χ2n) is 8.08. The van der Waals surface area contributed by atoms with Crippen LogP contribution in [0.4, 0.5) is 5.69 Å². The third kappa shape index (κ3) is 8.58. The van der Waals surface area contributed by atoms with Crippen LogP contribution in [-0.4, -0.2) is 41.5 Å². The third-order valence-corrected chi connectivity index (χ3v) is 5.30. The molecular weight excluding hydrogens is 517 g/mol. The normalized spacial score (nSPS) is 15.0. The second kappa shape index (κ2) is 13.2.